The second-order valence-electron chi connectivity index (χ2n) is 6.06. The molecule has 0 saturated heterocycles. The number of fused-ring (bicyclic) bond motifs is 1. The predicted molar refractivity (Wildman–Crippen MR) is 97.5 cm³/mol. The highest BCUT2D eigenvalue weighted by molar-refractivity contribution is 5.92. The van der Waals surface area contributed by atoms with Gasteiger partial charge in [-0.2, -0.15) is 0 Å². The fourth-order valence-corrected chi connectivity index (χ4v) is 3.18. The molecular formula is C20H19NO5. The fourth-order valence-electron chi connectivity index (χ4n) is 3.18. The molecule has 2 aromatic carbocycles. The van der Waals surface area contributed by atoms with Crippen LogP contribution >= 0.6 is 0 Å². The van der Waals surface area contributed by atoms with Gasteiger partial charge in [0, 0.05) is 17.9 Å². The molecule has 1 atom stereocenters. The van der Waals surface area contributed by atoms with E-state index < -0.39 is 23.0 Å². The topological polar surface area (TPSA) is 103 Å². The summed E-state index contributed by atoms with van der Waals surface area (Å²) in [6.45, 7) is 1.61. The number of nitrogens with two attached hydrogens (primary N) is 1. The summed E-state index contributed by atoms with van der Waals surface area (Å²) < 4.78 is 11.0. The van der Waals surface area contributed by atoms with E-state index in [2.05, 4.69) is 0 Å². The highest BCUT2D eigenvalue weighted by Gasteiger charge is 2.26. The van der Waals surface area contributed by atoms with Crippen molar-refractivity contribution in [3.63, 3.8) is 0 Å². The molecule has 0 saturated carbocycles. The minimum absolute atomic E-state index is 0.0316. The fraction of sp³-hybridized carbons (Fsp3) is 0.200. The molecule has 1 amide bonds. The lowest BCUT2D eigenvalue weighted by atomic mass is 9.88. The number of rotatable bonds is 5. The first-order chi connectivity index (χ1) is 12.4. The van der Waals surface area contributed by atoms with Crippen LogP contribution in [-0.2, 0) is 4.79 Å². The highest BCUT2D eigenvalue weighted by Crippen LogP contribution is 2.39. The minimum atomic E-state index is -0.698. The van der Waals surface area contributed by atoms with Crippen molar-refractivity contribution < 1.29 is 19.1 Å². The van der Waals surface area contributed by atoms with E-state index in [4.69, 9.17) is 14.9 Å². The van der Waals surface area contributed by atoms with Gasteiger partial charge in [0.05, 0.1) is 13.0 Å². The molecule has 3 aromatic rings. The van der Waals surface area contributed by atoms with Gasteiger partial charge < -0.3 is 20.0 Å². The van der Waals surface area contributed by atoms with Crippen LogP contribution in [0.5, 0.6) is 11.5 Å². The second kappa shape index (κ2) is 6.92. The van der Waals surface area contributed by atoms with Crippen LogP contribution in [-0.4, -0.2) is 18.1 Å². The Morgan fingerprint density at radius 3 is 2.58 bits per heavy atom. The van der Waals surface area contributed by atoms with Crippen molar-refractivity contribution in [1.82, 2.24) is 0 Å². The van der Waals surface area contributed by atoms with Gasteiger partial charge in [-0.25, -0.2) is 0 Å². The molecule has 0 unspecified atom stereocenters. The molecule has 134 valence electrons. The van der Waals surface area contributed by atoms with E-state index in [1.165, 1.54) is 6.07 Å². The monoisotopic (exact) mass is 353 g/mol. The van der Waals surface area contributed by atoms with E-state index >= 15 is 0 Å². The molecule has 6 nitrogen and oxygen atoms in total. The Kier molecular flexibility index (Phi) is 4.67. The molecule has 0 radical (unpaired) electrons. The van der Waals surface area contributed by atoms with E-state index in [0.717, 1.165) is 10.8 Å². The standard InChI is InChI=1S/C20H19NO5/c1-11-9-16(22)19(24)20(26-11)15(10-18(21)23)13-7-8-17(25-2)14-6-4-3-5-12(13)14/h3-9,15,24H,10H2,1-2H3,(H2,21,23)/t15-/m1/s1. The van der Waals surface area contributed by atoms with Crippen LogP contribution in [0, 0.1) is 6.92 Å². The Hall–Kier alpha value is -3.28. The van der Waals surface area contributed by atoms with Crippen molar-refractivity contribution >= 4 is 16.7 Å². The van der Waals surface area contributed by atoms with Crippen molar-refractivity contribution in [3.05, 3.63) is 69.8 Å². The Balaban J connectivity index is 2.30. The number of carbonyl (C=O) groups excluding carboxylic acids is 1. The van der Waals surface area contributed by atoms with Gasteiger partial charge in [0.2, 0.25) is 17.1 Å². The maximum absolute atomic E-state index is 12.0. The van der Waals surface area contributed by atoms with Gasteiger partial charge in [-0.05, 0) is 23.9 Å². The summed E-state index contributed by atoms with van der Waals surface area (Å²) >= 11 is 0. The van der Waals surface area contributed by atoms with Crippen molar-refractivity contribution in [3.8, 4) is 11.5 Å². The molecule has 0 fully saturated rings. The third kappa shape index (κ3) is 3.13. The number of benzene rings is 2. The lowest BCUT2D eigenvalue weighted by Crippen LogP contribution is -2.18. The average Bonchev–Trinajstić information content (AvgIpc) is 2.62. The van der Waals surface area contributed by atoms with E-state index in [1.54, 1.807) is 26.2 Å². The Morgan fingerprint density at radius 2 is 1.92 bits per heavy atom. The lowest BCUT2D eigenvalue weighted by Gasteiger charge is -2.19. The van der Waals surface area contributed by atoms with Crippen molar-refractivity contribution in [2.75, 3.05) is 7.11 Å². The number of carbonyl (C=O) groups is 1. The lowest BCUT2D eigenvalue weighted by molar-refractivity contribution is -0.118. The van der Waals surface area contributed by atoms with Crippen molar-refractivity contribution in [2.24, 2.45) is 5.73 Å². The number of aryl methyl sites for hydroxylation is 1. The summed E-state index contributed by atoms with van der Waals surface area (Å²) in [5.41, 5.74) is 5.58. The average molecular weight is 353 g/mol. The number of primary amides is 1. The quantitative estimate of drug-likeness (QED) is 0.734. The summed E-state index contributed by atoms with van der Waals surface area (Å²) in [6.07, 6.45) is -0.115. The first-order valence-electron chi connectivity index (χ1n) is 8.10. The molecule has 3 N–H and O–H groups in total. The minimum Gasteiger partial charge on any atom is -0.502 e. The molecule has 26 heavy (non-hydrogen) atoms. The second-order valence-corrected chi connectivity index (χ2v) is 6.06. The van der Waals surface area contributed by atoms with Crippen molar-refractivity contribution in [1.29, 1.82) is 0 Å². The van der Waals surface area contributed by atoms with E-state index in [1.807, 2.05) is 24.3 Å². The molecule has 0 aliphatic carbocycles. The van der Waals surface area contributed by atoms with Gasteiger partial charge in [-0.1, -0.05) is 30.3 Å². The molecule has 6 heteroatoms. The van der Waals surface area contributed by atoms with Gasteiger partial charge in [-0.15, -0.1) is 0 Å². The molecule has 0 aliphatic heterocycles. The van der Waals surface area contributed by atoms with E-state index in [0.29, 0.717) is 17.1 Å². The van der Waals surface area contributed by atoms with E-state index in [9.17, 15) is 14.7 Å². The van der Waals surface area contributed by atoms with Gasteiger partial charge in [0.15, 0.2) is 5.76 Å². The summed E-state index contributed by atoms with van der Waals surface area (Å²) in [7, 11) is 1.58. The number of amides is 1. The first-order valence-corrected chi connectivity index (χ1v) is 8.10. The Morgan fingerprint density at radius 1 is 1.23 bits per heavy atom. The maximum atomic E-state index is 12.0. The summed E-state index contributed by atoms with van der Waals surface area (Å²) in [5.74, 6) is -0.729. The molecule has 0 aliphatic rings. The third-order valence-corrected chi connectivity index (χ3v) is 4.31. The van der Waals surface area contributed by atoms with Crippen LogP contribution in [0.15, 0.2) is 51.7 Å². The number of aromatic hydroxyl groups is 1. The van der Waals surface area contributed by atoms with Gasteiger partial charge in [0.1, 0.15) is 11.5 Å². The zero-order valence-electron chi connectivity index (χ0n) is 14.5. The summed E-state index contributed by atoms with van der Waals surface area (Å²) in [4.78, 5) is 23.7. The Labute approximate surface area is 149 Å². The number of hydrogen-bond donors (Lipinski definition) is 2. The van der Waals surface area contributed by atoms with Crippen LogP contribution in [0.1, 0.15) is 29.4 Å². The Bertz CT molecular complexity index is 1040. The van der Waals surface area contributed by atoms with Crippen LogP contribution in [0.2, 0.25) is 0 Å². The summed E-state index contributed by atoms with van der Waals surface area (Å²) in [6, 6.07) is 12.3. The zero-order chi connectivity index (χ0) is 18.8. The van der Waals surface area contributed by atoms with Crippen LogP contribution in [0.25, 0.3) is 10.8 Å². The van der Waals surface area contributed by atoms with Gasteiger partial charge in [0.25, 0.3) is 0 Å². The first kappa shape index (κ1) is 17.5. The number of hydrogen-bond acceptors (Lipinski definition) is 5. The molecular weight excluding hydrogens is 334 g/mol. The normalized spacial score (nSPS) is 12.1. The van der Waals surface area contributed by atoms with Gasteiger partial charge in [-0.3, -0.25) is 9.59 Å². The molecule has 3 rings (SSSR count). The van der Waals surface area contributed by atoms with Crippen molar-refractivity contribution in [2.45, 2.75) is 19.3 Å². The van der Waals surface area contributed by atoms with Gasteiger partial charge >= 0.3 is 0 Å². The van der Waals surface area contributed by atoms with Crippen LogP contribution in [0.3, 0.4) is 0 Å². The maximum Gasteiger partial charge on any atom is 0.227 e. The molecule has 0 bridgehead atoms. The van der Waals surface area contributed by atoms with E-state index in [-0.39, 0.29) is 12.2 Å². The van der Waals surface area contributed by atoms with Crippen LogP contribution < -0.4 is 15.9 Å². The zero-order valence-corrected chi connectivity index (χ0v) is 14.5. The van der Waals surface area contributed by atoms with Crippen LogP contribution in [0.4, 0.5) is 0 Å². The number of ether oxygens (including phenoxy) is 1. The molecule has 0 spiro atoms. The molecule has 1 heterocycles. The molecule has 1 aromatic heterocycles. The smallest absolute Gasteiger partial charge is 0.227 e. The third-order valence-electron chi connectivity index (χ3n) is 4.31. The summed E-state index contributed by atoms with van der Waals surface area (Å²) in [5, 5.41) is 11.9. The highest BCUT2D eigenvalue weighted by atomic mass is 16.5. The SMILES string of the molecule is COc1ccc([C@@H](CC(N)=O)c2oc(C)cc(=O)c2O)c2ccccc12. The largest absolute Gasteiger partial charge is 0.502 e. The predicted octanol–water partition coefficient (Wildman–Crippen LogP) is 2.82. The number of methoxy groups -OCH3 is 1.